The van der Waals surface area contributed by atoms with Crippen LogP contribution < -0.4 is 11.1 Å². The first-order valence-corrected chi connectivity index (χ1v) is 6.44. The van der Waals surface area contributed by atoms with E-state index < -0.39 is 0 Å². The molecule has 1 fully saturated rings. The Balaban J connectivity index is 2.11. The molecule has 1 aliphatic rings. The van der Waals surface area contributed by atoms with E-state index in [9.17, 15) is 4.79 Å². The first kappa shape index (κ1) is 12.9. The van der Waals surface area contributed by atoms with Gasteiger partial charge in [-0.1, -0.05) is 23.8 Å². The number of benzene rings is 1. The summed E-state index contributed by atoms with van der Waals surface area (Å²) in [5, 5.41) is 3.04. The predicted octanol–water partition coefficient (Wildman–Crippen LogP) is 1.72. The molecule has 0 aliphatic carbocycles. The molecule has 0 spiro atoms. The van der Waals surface area contributed by atoms with Gasteiger partial charge >= 0.3 is 6.03 Å². The molecule has 4 nitrogen and oxygen atoms in total. The summed E-state index contributed by atoms with van der Waals surface area (Å²) < 4.78 is 0. The summed E-state index contributed by atoms with van der Waals surface area (Å²) in [6.07, 6.45) is 0.854. The molecule has 1 atom stereocenters. The molecule has 18 heavy (non-hydrogen) atoms. The molecule has 1 aliphatic heterocycles. The van der Waals surface area contributed by atoms with E-state index in [1.807, 2.05) is 4.90 Å². The fourth-order valence-corrected chi connectivity index (χ4v) is 2.38. The van der Waals surface area contributed by atoms with E-state index >= 15 is 0 Å². The van der Waals surface area contributed by atoms with Crippen molar-refractivity contribution in [1.82, 2.24) is 10.2 Å². The molecule has 4 heteroatoms. The summed E-state index contributed by atoms with van der Waals surface area (Å²) in [7, 11) is 0. The topological polar surface area (TPSA) is 58.4 Å². The minimum absolute atomic E-state index is 0.0226. The fraction of sp³-hybridized carbons (Fsp3) is 0.500. The van der Waals surface area contributed by atoms with Gasteiger partial charge in [0.1, 0.15) is 0 Å². The van der Waals surface area contributed by atoms with Crippen molar-refractivity contribution in [3.8, 4) is 0 Å². The van der Waals surface area contributed by atoms with Crippen LogP contribution in [0.5, 0.6) is 0 Å². The molecule has 0 saturated carbocycles. The van der Waals surface area contributed by atoms with Gasteiger partial charge < -0.3 is 16.0 Å². The van der Waals surface area contributed by atoms with Crippen LogP contribution in [0, 0.1) is 13.8 Å². The molecule has 98 valence electrons. The van der Waals surface area contributed by atoms with Gasteiger partial charge in [0.2, 0.25) is 0 Å². The highest BCUT2D eigenvalue weighted by atomic mass is 16.2. The molecule has 3 N–H and O–H groups in total. The lowest BCUT2D eigenvalue weighted by Gasteiger charge is -2.15. The van der Waals surface area contributed by atoms with Gasteiger partial charge in [0.05, 0.1) is 6.04 Å². The SMILES string of the molecule is Cc1ccc(C)c(C2CN(CCCN)C(=O)N2)c1. The summed E-state index contributed by atoms with van der Waals surface area (Å²) in [5.74, 6) is 0. The van der Waals surface area contributed by atoms with Crippen molar-refractivity contribution < 1.29 is 4.79 Å². The number of nitrogens with zero attached hydrogens (tertiary/aromatic N) is 1. The standard InChI is InChI=1S/C14H21N3O/c1-10-4-5-11(2)12(8-10)13-9-17(7-3-6-15)14(18)16-13/h4-5,8,13H,3,6-7,9,15H2,1-2H3,(H,16,18). The molecule has 1 unspecified atom stereocenters. The van der Waals surface area contributed by atoms with E-state index in [2.05, 4.69) is 37.4 Å². The fourth-order valence-electron chi connectivity index (χ4n) is 2.38. The quantitative estimate of drug-likeness (QED) is 0.851. The van der Waals surface area contributed by atoms with Gasteiger partial charge in [-0.2, -0.15) is 0 Å². The Labute approximate surface area is 108 Å². The number of urea groups is 1. The van der Waals surface area contributed by atoms with Crippen LogP contribution in [0.4, 0.5) is 4.79 Å². The van der Waals surface area contributed by atoms with Gasteiger partial charge in [-0.3, -0.25) is 0 Å². The molecule has 0 bridgehead atoms. The maximum Gasteiger partial charge on any atom is 0.318 e. The second-order valence-corrected chi connectivity index (χ2v) is 4.95. The number of hydrogen-bond acceptors (Lipinski definition) is 2. The molecule has 1 aromatic rings. The Morgan fingerprint density at radius 1 is 1.44 bits per heavy atom. The molecule has 1 aromatic carbocycles. The number of hydrogen-bond donors (Lipinski definition) is 2. The summed E-state index contributed by atoms with van der Waals surface area (Å²) in [6, 6.07) is 6.50. The van der Waals surface area contributed by atoms with Crippen LogP contribution in [0.3, 0.4) is 0 Å². The third kappa shape index (κ3) is 2.64. The van der Waals surface area contributed by atoms with E-state index in [1.54, 1.807) is 0 Å². The van der Waals surface area contributed by atoms with Crippen molar-refractivity contribution >= 4 is 6.03 Å². The number of rotatable bonds is 4. The lowest BCUT2D eigenvalue weighted by atomic mass is 9.99. The van der Waals surface area contributed by atoms with Crippen LogP contribution in [-0.2, 0) is 0 Å². The van der Waals surface area contributed by atoms with Crippen molar-refractivity contribution in [2.75, 3.05) is 19.6 Å². The second-order valence-electron chi connectivity index (χ2n) is 4.95. The third-order valence-corrected chi connectivity index (χ3v) is 3.43. The summed E-state index contributed by atoms with van der Waals surface area (Å²) in [6.45, 7) is 6.26. The van der Waals surface area contributed by atoms with Gasteiger partial charge in [0, 0.05) is 13.1 Å². The molecular weight excluding hydrogens is 226 g/mol. The van der Waals surface area contributed by atoms with Crippen LogP contribution in [0.25, 0.3) is 0 Å². The van der Waals surface area contributed by atoms with Crippen LogP contribution in [0.1, 0.15) is 29.2 Å². The Bertz CT molecular complexity index is 445. The molecule has 0 radical (unpaired) electrons. The van der Waals surface area contributed by atoms with Crippen molar-refractivity contribution in [2.45, 2.75) is 26.3 Å². The number of carbonyl (C=O) groups is 1. The largest absolute Gasteiger partial charge is 0.330 e. The smallest absolute Gasteiger partial charge is 0.318 e. The van der Waals surface area contributed by atoms with Gasteiger partial charge in [-0.05, 0) is 37.9 Å². The first-order chi connectivity index (χ1) is 8.61. The summed E-state index contributed by atoms with van der Waals surface area (Å²) >= 11 is 0. The van der Waals surface area contributed by atoms with Gasteiger partial charge in [0.15, 0.2) is 0 Å². The highest BCUT2D eigenvalue weighted by Crippen LogP contribution is 2.24. The molecule has 1 saturated heterocycles. The van der Waals surface area contributed by atoms with E-state index in [0.29, 0.717) is 6.54 Å². The number of amides is 2. The number of aryl methyl sites for hydroxylation is 2. The van der Waals surface area contributed by atoms with Crippen LogP contribution in [0.2, 0.25) is 0 Å². The Kier molecular flexibility index (Phi) is 3.87. The number of carbonyl (C=O) groups excluding carboxylic acids is 1. The average molecular weight is 247 g/mol. The lowest BCUT2D eigenvalue weighted by molar-refractivity contribution is 0.217. The van der Waals surface area contributed by atoms with E-state index in [0.717, 1.165) is 19.5 Å². The van der Waals surface area contributed by atoms with Crippen molar-refractivity contribution in [2.24, 2.45) is 5.73 Å². The Morgan fingerprint density at radius 3 is 2.94 bits per heavy atom. The molecule has 0 aromatic heterocycles. The van der Waals surface area contributed by atoms with E-state index in [1.165, 1.54) is 16.7 Å². The number of nitrogens with two attached hydrogens (primary N) is 1. The number of nitrogens with one attached hydrogen (secondary N) is 1. The summed E-state index contributed by atoms with van der Waals surface area (Å²) in [5.41, 5.74) is 9.16. The van der Waals surface area contributed by atoms with Crippen molar-refractivity contribution in [3.63, 3.8) is 0 Å². The molecule has 2 amide bonds. The third-order valence-electron chi connectivity index (χ3n) is 3.43. The zero-order chi connectivity index (χ0) is 13.1. The van der Waals surface area contributed by atoms with Crippen molar-refractivity contribution in [3.05, 3.63) is 34.9 Å². The van der Waals surface area contributed by atoms with E-state index in [4.69, 9.17) is 5.73 Å². The van der Waals surface area contributed by atoms with Gasteiger partial charge in [-0.15, -0.1) is 0 Å². The molecule has 1 heterocycles. The second kappa shape index (κ2) is 5.40. The highest BCUT2D eigenvalue weighted by Gasteiger charge is 2.29. The monoisotopic (exact) mass is 247 g/mol. The minimum atomic E-state index is 0.0226. The van der Waals surface area contributed by atoms with Crippen molar-refractivity contribution in [1.29, 1.82) is 0 Å². The lowest BCUT2D eigenvalue weighted by Crippen LogP contribution is -2.30. The van der Waals surface area contributed by atoms with Gasteiger partial charge in [-0.25, -0.2) is 4.79 Å². The molecule has 2 rings (SSSR count). The zero-order valence-corrected chi connectivity index (χ0v) is 11.1. The highest BCUT2D eigenvalue weighted by molar-refractivity contribution is 5.77. The summed E-state index contributed by atoms with van der Waals surface area (Å²) in [4.78, 5) is 13.7. The maximum atomic E-state index is 11.8. The minimum Gasteiger partial charge on any atom is -0.330 e. The first-order valence-electron chi connectivity index (χ1n) is 6.44. The average Bonchev–Trinajstić information content (AvgIpc) is 2.71. The van der Waals surface area contributed by atoms with Crippen LogP contribution in [0.15, 0.2) is 18.2 Å². The molecular formula is C14H21N3O. The maximum absolute atomic E-state index is 11.8. The zero-order valence-electron chi connectivity index (χ0n) is 11.1. The van der Waals surface area contributed by atoms with Crippen LogP contribution in [-0.4, -0.2) is 30.6 Å². The Hall–Kier alpha value is -1.55. The van der Waals surface area contributed by atoms with Gasteiger partial charge in [0.25, 0.3) is 0 Å². The van der Waals surface area contributed by atoms with E-state index in [-0.39, 0.29) is 12.1 Å². The Morgan fingerprint density at radius 2 is 2.22 bits per heavy atom. The normalized spacial score (nSPS) is 19.2. The van der Waals surface area contributed by atoms with Crippen LogP contribution >= 0.6 is 0 Å². The predicted molar refractivity (Wildman–Crippen MR) is 72.4 cm³/mol.